The number of carbonyl (C=O) groups is 1. The lowest BCUT2D eigenvalue weighted by Crippen LogP contribution is -2.09. The molecule has 0 spiro atoms. The Bertz CT molecular complexity index is 1860. The van der Waals surface area contributed by atoms with Crippen molar-refractivity contribution in [2.24, 2.45) is 5.16 Å². The van der Waals surface area contributed by atoms with Crippen LogP contribution in [0.15, 0.2) is 119 Å². The molecule has 1 aromatic heterocycles. The van der Waals surface area contributed by atoms with Crippen molar-refractivity contribution < 1.29 is 9.63 Å². The zero-order chi connectivity index (χ0) is 29.9. The first-order valence-electron chi connectivity index (χ1n) is 13.6. The number of hydrogen-bond acceptors (Lipinski definition) is 4. The Hall–Kier alpha value is -3.74. The van der Waals surface area contributed by atoms with Gasteiger partial charge in [0.05, 0.1) is 27.5 Å². The van der Waals surface area contributed by atoms with Crippen molar-refractivity contribution in [3.05, 3.63) is 146 Å². The molecule has 1 aliphatic carbocycles. The van der Waals surface area contributed by atoms with Crippen LogP contribution >= 0.6 is 46.6 Å². The van der Waals surface area contributed by atoms with Gasteiger partial charge in [-0.2, -0.15) is 0 Å². The molecule has 1 heterocycles. The quantitative estimate of drug-likeness (QED) is 0.101. The number of rotatable bonds is 7. The Balaban J connectivity index is 1.45. The number of hydrogen-bond donors (Lipinski definition) is 0. The smallest absolute Gasteiger partial charge is 0.313 e. The van der Waals surface area contributed by atoms with E-state index in [9.17, 15) is 4.79 Å². The van der Waals surface area contributed by atoms with Crippen LogP contribution in [0.5, 0.6) is 0 Å². The van der Waals surface area contributed by atoms with Crippen molar-refractivity contribution in [1.29, 1.82) is 0 Å². The Labute approximate surface area is 269 Å². The predicted octanol–water partition coefficient (Wildman–Crippen LogP) is 10.7. The number of halogens is 3. The fourth-order valence-corrected chi connectivity index (χ4v) is 6.64. The summed E-state index contributed by atoms with van der Waals surface area (Å²) < 4.78 is 2.31. The van der Waals surface area contributed by atoms with E-state index in [-0.39, 0.29) is 15.6 Å². The van der Waals surface area contributed by atoms with Gasteiger partial charge in [0.15, 0.2) is 0 Å². The van der Waals surface area contributed by atoms with E-state index in [1.807, 2.05) is 42.5 Å². The number of thioether (sulfide) groups is 1. The molecule has 0 amide bonds. The van der Waals surface area contributed by atoms with Crippen LogP contribution in [0.3, 0.4) is 0 Å². The van der Waals surface area contributed by atoms with Gasteiger partial charge in [0.1, 0.15) is 0 Å². The van der Waals surface area contributed by atoms with Crippen molar-refractivity contribution in [3.63, 3.8) is 0 Å². The molecule has 0 fully saturated rings. The summed E-state index contributed by atoms with van der Waals surface area (Å²) in [6.07, 6.45) is 3.10. The first kappa shape index (κ1) is 29.3. The van der Waals surface area contributed by atoms with Crippen LogP contribution in [0, 0.1) is 6.92 Å². The van der Waals surface area contributed by atoms with Gasteiger partial charge >= 0.3 is 5.97 Å². The van der Waals surface area contributed by atoms with Gasteiger partial charge in [-0.1, -0.05) is 106 Å². The molecular formula is C35H25Cl3N2O2S. The van der Waals surface area contributed by atoms with Crippen molar-refractivity contribution in [3.8, 4) is 16.9 Å². The van der Waals surface area contributed by atoms with E-state index in [4.69, 9.17) is 39.6 Å². The maximum absolute atomic E-state index is 12.7. The maximum atomic E-state index is 12.7. The lowest BCUT2D eigenvalue weighted by Gasteiger charge is -2.21. The minimum Gasteiger partial charge on any atom is -0.313 e. The zero-order valence-corrected chi connectivity index (χ0v) is 26.1. The predicted molar refractivity (Wildman–Crippen MR) is 179 cm³/mol. The van der Waals surface area contributed by atoms with Crippen LogP contribution in [0.1, 0.15) is 33.6 Å². The van der Waals surface area contributed by atoms with E-state index in [0.29, 0.717) is 11.4 Å². The third-order valence-electron chi connectivity index (χ3n) is 7.18. The monoisotopic (exact) mass is 642 g/mol. The summed E-state index contributed by atoms with van der Waals surface area (Å²) in [5, 5.41) is 5.21. The molecule has 6 rings (SSSR count). The average Bonchev–Trinajstić information content (AvgIpc) is 3.41. The van der Waals surface area contributed by atoms with Crippen LogP contribution in [0.25, 0.3) is 21.8 Å². The lowest BCUT2D eigenvalue weighted by atomic mass is 9.97. The second-order valence-corrected chi connectivity index (χ2v) is 12.4. The third-order valence-corrected chi connectivity index (χ3v) is 9.45. The third kappa shape index (κ3) is 6.31. The summed E-state index contributed by atoms with van der Waals surface area (Å²) in [6, 6.07) is 33.8. The molecule has 43 heavy (non-hydrogen) atoms. The van der Waals surface area contributed by atoms with Crippen molar-refractivity contribution in [2.75, 3.05) is 0 Å². The van der Waals surface area contributed by atoms with Gasteiger partial charge < -0.3 is 9.40 Å². The number of oxime groups is 1. The fourth-order valence-electron chi connectivity index (χ4n) is 5.06. The van der Waals surface area contributed by atoms with Gasteiger partial charge in [0, 0.05) is 31.8 Å². The number of fused-ring (bicyclic) bond motifs is 1. The Morgan fingerprint density at radius 1 is 0.884 bits per heavy atom. The molecule has 0 saturated carbocycles. The topological polar surface area (TPSA) is 43.6 Å². The van der Waals surface area contributed by atoms with E-state index >= 15 is 0 Å². The van der Waals surface area contributed by atoms with Crippen molar-refractivity contribution >= 4 is 63.7 Å². The number of aryl methyl sites for hydroxylation is 1. The van der Waals surface area contributed by atoms with E-state index in [1.165, 1.54) is 11.3 Å². The van der Waals surface area contributed by atoms with Crippen LogP contribution in [0.2, 0.25) is 15.1 Å². The maximum Gasteiger partial charge on any atom is 0.367 e. The molecule has 0 unspecified atom stereocenters. The second kappa shape index (κ2) is 12.9. The summed E-state index contributed by atoms with van der Waals surface area (Å²) in [5.74, 6) is -0.672. The summed E-state index contributed by atoms with van der Waals surface area (Å²) in [4.78, 5) is 20.2. The van der Waals surface area contributed by atoms with Crippen LogP contribution < -0.4 is 0 Å². The highest BCUT2D eigenvalue weighted by Crippen LogP contribution is 2.46. The molecule has 1 aliphatic rings. The van der Waals surface area contributed by atoms with E-state index in [0.717, 1.165) is 44.3 Å². The minimum atomic E-state index is -0.672. The molecule has 4 aromatic carbocycles. The molecule has 0 saturated heterocycles. The highest BCUT2D eigenvalue weighted by molar-refractivity contribution is 8.08. The van der Waals surface area contributed by atoms with Crippen LogP contribution in [-0.2, 0) is 11.3 Å². The summed E-state index contributed by atoms with van der Waals surface area (Å²) in [5.41, 5.74) is 7.84. The van der Waals surface area contributed by atoms with Gasteiger partial charge in [0.2, 0.25) is 0 Å². The minimum absolute atomic E-state index is 0.137. The molecule has 5 aromatic rings. The molecule has 4 nitrogen and oxygen atoms in total. The first-order valence-corrected chi connectivity index (χ1v) is 15.6. The number of carbonyl (C=O) groups excluding carboxylic acids is 1. The molecule has 8 heteroatoms. The Morgan fingerprint density at radius 3 is 2.37 bits per heavy atom. The zero-order valence-electron chi connectivity index (χ0n) is 23.1. The van der Waals surface area contributed by atoms with Gasteiger partial charge in [-0.3, -0.25) is 0 Å². The molecule has 0 N–H and O–H groups in total. The summed E-state index contributed by atoms with van der Waals surface area (Å²) in [6.45, 7) is 2.07. The van der Waals surface area contributed by atoms with Crippen molar-refractivity contribution in [2.45, 2.75) is 24.7 Å². The standard InChI is InChI=1S/C35H25Cl3N2O2S/c1-22-10-17-27(18-11-22)43-34-24(21-39-42-35(41)28-8-5-9-30(37)33(28)38)12-19-31-29(34)20-32(23-6-3-2-4-7-23)40(31)26-15-13-25(36)14-16-26/h2-11,13-18,20-21H,12,19H2,1H3/b39-21+. The van der Waals surface area contributed by atoms with Gasteiger partial charge in [-0.25, -0.2) is 4.79 Å². The molecule has 0 aliphatic heterocycles. The molecule has 0 radical (unpaired) electrons. The Kier molecular flexibility index (Phi) is 8.78. The Morgan fingerprint density at radius 2 is 1.63 bits per heavy atom. The van der Waals surface area contributed by atoms with Crippen LogP contribution in [0.4, 0.5) is 0 Å². The van der Waals surface area contributed by atoms with E-state index < -0.39 is 5.97 Å². The van der Waals surface area contributed by atoms with E-state index in [2.05, 4.69) is 59.1 Å². The molecule has 0 atom stereocenters. The normalized spacial score (nSPS) is 12.9. The number of nitrogens with zero attached hydrogens (tertiary/aromatic N) is 2. The van der Waals surface area contributed by atoms with Gasteiger partial charge in [-0.15, -0.1) is 0 Å². The molecular weight excluding hydrogens is 619 g/mol. The molecule has 214 valence electrons. The van der Waals surface area contributed by atoms with E-state index in [1.54, 1.807) is 36.2 Å². The van der Waals surface area contributed by atoms with Crippen LogP contribution in [-0.4, -0.2) is 16.8 Å². The van der Waals surface area contributed by atoms with Gasteiger partial charge in [-0.05, 0) is 85.5 Å². The number of aromatic nitrogens is 1. The lowest BCUT2D eigenvalue weighted by molar-refractivity contribution is 0.0519. The first-order chi connectivity index (χ1) is 20.9. The largest absolute Gasteiger partial charge is 0.367 e. The summed E-state index contributed by atoms with van der Waals surface area (Å²) >= 11 is 20.2. The fraction of sp³-hybridized carbons (Fsp3) is 0.0857. The second-order valence-electron chi connectivity index (χ2n) is 10.1. The average molecular weight is 644 g/mol. The number of benzene rings is 4. The summed E-state index contributed by atoms with van der Waals surface area (Å²) in [7, 11) is 0. The number of allylic oxidation sites excluding steroid dienone is 1. The highest BCUT2D eigenvalue weighted by Gasteiger charge is 2.26. The van der Waals surface area contributed by atoms with Crippen molar-refractivity contribution in [1.82, 2.24) is 4.57 Å². The molecule has 0 bridgehead atoms. The van der Waals surface area contributed by atoms with Gasteiger partial charge in [0.25, 0.3) is 0 Å². The SMILES string of the molecule is Cc1ccc(SC2=C(/C=N/OC(=O)c3cccc(Cl)c3Cl)CCc3c2cc(-c2ccccc2)n3-c2ccc(Cl)cc2)cc1. The highest BCUT2D eigenvalue weighted by atomic mass is 35.5.